The Balaban J connectivity index is 0.00000149. The Kier molecular flexibility index (Phi) is 7.64. The topological polar surface area (TPSA) is 87.6 Å². The Morgan fingerprint density at radius 1 is 0.606 bits per heavy atom. The molecule has 0 aromatic heterocycles. The van der Waals surface area contributed by atoms with Crippen LogP contribution in [0.25, 0.3) is 0 Å². The maximum Gasteiger partial charge on any atom is 0.129 e. The largest absolute Gasteiger partial charge is 0.457 e. The lowest BCUT2D eigenvalue weighted by molar-refractivity contribution is 0.482. The molecule has 0 bridgehead atoms. The maximum atomic E-state index is 13.4. The molecule has 4 N–H and O–H groups in total. The Bertz CT molecular complexity index is 1200. The maximum absolute atomic E-state index is 13.4. The first kappa shape index (κ1) is 23.8. The van der Waals surface area contributed by atoms with Gasteiger partial charge in [0, 0.05) is 42.8 Å². The average Bonchev–Trinajstić information content (AvgIpc) is 2.81. The van der Waals surface area contributed by atoms with Crippen molar-refractivity contribution in [1.82, 2.24) is 0 Å². The van der Waals surface area contributed by atoms with Crippen LogP contribution in [0, 0.1) is 0 Å². The van der Waals surface area contributed by atoms with E-state index in [9.17, 15) is 4.21 Å². The SMILES string of the molecule is C=S(=O)(c1ccc(Oc2cccc(N)c2)cc1)c1ccc(Oc2cccc(N)c2)cc1.CC. The number of benzene rings is 4. The van der Waals surface area contributed by atoms with Crippen LogP contribution in [0.1, 0.15) is 13.8 Å². The fraction of sp³-hybridized carbons (Fsp3) is 0.0741. The average molecular weight is 461 g/mol. The van der Waals surface area contributed by atoms with Crippen LogP contribution in [-0.2, 0) is 9.52 Å². The fourth-order valence-corrected chi connectivity index (χ4v) is 4.44. The van der Waals surface area contributed by atoms with Crippen molar-refractivity contribution in [2.45, 2.75) is 23.6 Å². The van der Waals surface area contributed by atoms with Crippen molar-refractivity contribution in [3.8, 4) is 23.0 Å². The van der Waals surface area contributed by atoms with Crippen molar-refractivity contribution in [3.05, 3.63) is 97.1 Å². The van der Waals surface area contributed by atoms with E-state index in [2.05, 4.69) is 5.87 Å². The summed E-state index contributed by atoms with van der Waals surface area (Å²) < 4.78 is 25.0. The zero-order valence-corrected chi connectivity index (χ0v) is 19.5. The molecule has 4 aromatic rings. The minimum atomic E-state index is -2.68. The van der Waals surface area contributed by atoms with Crippen molar-refractivity contribution in [1.29, 1.82) is 0 Å². The second-order valence-electron chi connectivity index (χ2n) is 6.97. The van der Waals surface area contributed by atoms with Crippen LogP contribution in [0.15, 0.2) is 107 Å². The number of nitrogens with two attached hydrogens (primary N) is 2. The van der Waals surface area contributed by atoms with E-state index in [1.807, 2.05) is 38.1 Å². The predicted molar refractivity (Wildman–Crippen MR) is 138 cm³/mol. The van der Waals surface area contributed by atoms with E-state index in [4.69, 9.17) is 20.9 Å². The van der Waals surface area contributed by atoms with Crippen LogP contribution in [0.4, 0.5) is 11.4 Å². The van der Waals surface area contributed by atoms with Gasteiger partial charge in [-0.25, -0.2) is 0 Å². The number of nitrogen functional groups attached to an aromatic ring is 2. The van der Waals surface area contributed by atoms with Gasteiger partial charge in [-0.3, -0.25) is 4.21 Å². The number of anilines is 2. The Hall–Kier alpha value is -3.90. The summed E-state index contributed by atoms with van der Waals surface area (Å²) in [7, 11) is -2.68. The lowest BCUT2D eigenvalue weighted by atomic mass is 10.3. The van der Waals surface area contributed by atoms with Crippen LogP contribution in [0.5, 0.6) is 23.0 Å². The van der Waals surface area contributed by atoms with E-state index in [0.717, 1.165) is 0 Å². The van der Waals surface area contributed by atoms with Gasteiger partial charge >= 0.3 is 0 Å². The van der Waals surface area contributed by atoms with E-state index in [-0.39, 0.29) is 0 Å². The molecule has 170 valence electrons. The molecule has 0 saturated heterocycles. The molecular weight excluding hydrogens is 432 g/mol. The number of rotatable bonds is 6. The highest BCUT2D eigenvalue weighted by Crippen LogP contribution is 2.29. The molecule has 0 unspecified atom stereocenters. The summed E-state index contributed by atoms with van der Waals surface area (Å²) in [5.74, 6) is 6.49. The highest BCUT2D eigenvalue weighted by molar-refractivity contribution is 8.00. The minimum Gasteiger partial charge on any atom is -0.457 e. The van der Waals surface area contributed by atoms with E-state index in [0.29, 0.717) is 44.2 Å². The van der Waals surface area contributed by atoms with Gasteiger partial charge in [0.25, 0.3) is 0 Å². The normalized spacial score (nSPS) is 10.6. The van der Waals surface area contributed by atoms with Crippen LogP contribution in [-0.4, -0.2) is 10.1 Å². The summed E-state index contributed by atoms with van der Waals surface area (Å²) in [6.45, 7) is 4.00. The lowest BCUT2D eigenvalue weighted by Gasteiger charge is -2.12. The molecule has 4 aromatic carbocycles. The Morgan fingerprint density at radius 3 is 1.30 bits per heavy atom. The molecule has 5 nitrogen and oxygen atoms in total. The van der Waals surface area contributed by atoms with E-state index in [1.54, 1.807) is 72.8 Å². The van der Waals surface area contributed by atoms with Crippen LogP contribution in [0.3, 0.4) is 0 Å². The van der Waals surface area contributed by atoms with E-state index >= 15 is 0 Å². The number of hydrogen-bond donors (Lipinski definition) is 2. The quantitative estimate of drug-likeness (QED) is 0.250. The third-order valence-corrected chi connectivity index (χ3v) is 6.66. The Morgan fingerprint density at radius 2 is 0.970 bits per heavy atom. The van der Waals surface area contributed by atoms with Crippen molar-refractivity contribution >= 4 is 26.8 Å². The smallest absolute Gasteiger partial charge is 0.129 e. The van der Waals surface area contributed by atoms with Gasteiger partial charge < -0.3 is 20.9 Å². The van der Waals surface area contributed by atoms with Crippen molar-refractivity contribution in [2.24, 2.45) is 0 Å². The van der Waals surface area contributed by atoms with Crippen molar-refractivity contribution in [3.63, 3.8) is 0 Å². The van der Waals surface area contributed by atoms with E-state index < -0.39 is 9.52 Å². The highest BCUT2D eigenvalue weighted by atomic mass is 32.2. The van der Waals surface area contributed by atoms with Crippen molar-refractivity contribution in [2.75, 3.05) is 11.5 Å². The lowest BCUT2D eigenvalue weighted by Crippen LogP contribution is -2.01. The molecule has 0 radical (unpaired) electrons. The van der Waals surface area contributed by atoms with Crippen LogP contribution < -0.4 is 20.9 Å². The molecule has 0 aliphatic carbocycles. The van der Waals surface area contributed by atoms with Gasteiger partial charge in [0.15, 0.2) is 0 Å². The first-order valence-corrected chi connectivity index (χ1v) is 12.3. The monoisotopic (exact) mass is 460 g/mol. The molecule has 4 rings (SSSR count). The highest BCUT2D eigenvalue weighted by Gasteiger charge is 2.12. The van der Waals surface area contributed by atoms with Gasteiger partial charge in [0.1, 0.15) is 23.0 Å². The molecule has 0 aliphatic rings. The summed E-state index contributed by atoms with van der Waals surface area (Å²) in [5, 5.41) is 0. The summed E-state index contributed by atoms with van der Waals surface area (Å²) in [5.41, 5.74) is 12.8. The Labute approximate surface area is 195 Å². The molecular formula is C27H28N2O3S. The second-order valence-corrected chi connectivity index (χ2v) is 9.26. The second kappa shape index (κ2) is 10.6. The molecule has 0 fully saturated rings. The zero-order chi connectivity index (χ0) is 23.8. The standard InChI is InChI=1S/C25H22N2O3S.C2H6/c1-31(28,24-12-8-20(9-13-24)29-22-6-2-4-18(26)16-22)25-14-10-21(11-15-25)30-23-7-3-5-19(27)17-23;1-2/h2-17H,1,26-27H2;1-2H3. The summed E-state index contributed by atoms with van der Waals surface area (Å²) in [6, 6.07) is 28.4. The summed E-state index contributed by atoms with van der Waals surface area (Å²) in [6.07, 6.45) is 0. The molecule has 0 aliphatic heterocycles. The van der Waals surface area contributed by atoms with Crippen LogP contribution >= 0.6 is 0 Å². The third kappa shape index (κ3) is 6.08. The van der Waals surface area contributed by atoms with E-state index in [1.165, 1.54) is 0 Å². The van der Waals surface area contributed by atoms with Gasteiger partial charge in [-0.1, -0.05) is 26.0 Å². The molecule has 0 heterocycles. The summed E-state index contributed by atoms with van der Waals surface area (Å²) in [4.78, 5) is 1.22. The molecule has 0 spiro atoms. The van der Waals surface area contributed by atoms with Gasteiger partial charge in [0.05, 0.1) is 0 Å². The third-order valence-electron chi connectivity index (χ3n) is 4.60. The molecule has 6 heteroatoms. The predicted octanol–water partition coefficient (Wildman–Crippen LogP) is 6.60. The van der Waals surface area contributed by atoms with Crippen molar-refractivity contribution < 1.29 is 13.7 Å². The number of hydrogen-bond acceptors (Lipinski definition) is 5. The first-order valence-electron chi connectivity index (χ1n) is 10.5. The number of ether oxygens (including phenoxy) is 2. The van der Waals surface area contributed by atoms with Gasteiger partial charge in [0.2, 0.25) is 0 Å². The first-order chi connectivity index (χ1) is 15.9. The van der Waals surface area contributed by atoms with Gasteiger partial charge in [-0.2, -0.15) is 0 Å². The van der Waals surface area contributed by atoms with Crippen LogP contribution in [0.2, 0.25) is 0 Å². The van der Waals surface area contributed by atoms with Gasteiger partial charge in [-0.05, 0) is 78.7 Å². The zero-order valence-electron chi connectivity index (χ0n) is 18.7. The fourth-order valence-electron chi connectivity index (χ4n) is 3.02. The molecule has 0 atom stereocenters. The molecule has 0 saturated carbocycles. The van der Waals surface area contributed by atoms with Gasteiger partial charge in [-0.15, -0.1) is 0 Å². The minimum absolute atomic E-state index is 0.608. The summed E-state index contributed by atoms with van der Waals surface area (Å²) >= 11 is 0. The molecule has 0 amide bonds. The molecule has 33 heavy (non-hydrogen) atoms.